The van der Waals surface area contributed by atoms with Crippen molar-refractivity contribution >= 4 is 15.9 Å². The van der Waals surface area contributed by atoms with E-state index in [9.17, 15) is 13.2 Å². The molecule has 0 bridgehead atoms. The summed E-state index contributed by atoms with van der Waals surface area (Å²) in [6.07, 6.45) is 7.03. The molecule has 0 heterocycles. The Morgan fingerprint density at radius 3 is 2.59 bits per heavy atom. The topological polar surface area (TPSA) is 84.5 Å². The summed E-state index contributed by atoms with van der Waals surface area (Å²) in [6, 6.07) is 4.89. The van der Waals surface area contributed by atoms with E-state index < -0.39 is 10.0 Å². The minimum atomic E-state index is -3.54. The summed E-state index contributed by atoms with van der Waals surface area (Å²) in [5.41, 5.74) is 0.691. The van der Waals surface area contributed by atoms with Crippen LogP contribution in [-0.4, -0.2) is 33.0 Å². The number of hydrogen-bond donors (Lipinski definition) is 2. The van der Waals surface area contributed by atoms with E-state index in [4.69, 9.17) is 4.74 Å². The largest absolute Gasteiger partial charge is 0.484 e. The monoisotopic (exact) mass is 396 g/mol. The number of rotatable bonds is 9. The average molecular weight is 397 g/mol. The maximum atomic E-state index is 12.6. The van der Waals surface area contributed by atoms with Gasteiger partial charge < -0.3 is 10.1 Å². The third-order valence-corrected chi connectivity index (χ3v) is 6.39. The maximum absolute atomic E-state index is 12.6. The van der Waals surface area contributed by atoms with Crippen molar-refractivity contribution in [2.24, 2.45) is 0 Å². The molecule has 1 amide bonds. The highest BCUT2D eigenvalue weighted by atomic mass is 32.2. The minimum absolute atomic E-state index is 0.0220. The third-order valence-electron chi connectivity index (χ3n) is 4.87. The number of benzene rings is 1. The minimum Gasteiger partial charge on any atom is -0.484 e. The smallest absolute Gasteiger partial charge is 0.258 e. The molecule has 1 aromatic rings. The summed E-state index contributed by atoms with van der Waals surface area (Å²) in [5, 5.41) is 2.88. The molecule has 27 heavy (non-hydrogen) atoms. The molecule has 1 aromatic carbocycles. The van der Waals surface area contributed by atoms with E-state index >= 15 is 0 Å². The van der Waals surface area contributed by atoms with E-state index in [0.29, 0.717) is 11.3 Å². The van der Waals surface area contributed by atoms with Gasteiger partial charge >= 0.3 is 0 Å². The molecule has 1 saturated carbocycles. The molecule has 1 fully saturated rings. The molecule has 1 aliphatic carbocycles. The van der Waals surface area contributed by atoms with Crippen LogP contribution in [0, 0.1) is 6.92 Å². The first kappa shape index (κ1) is 21.7. The SMILES string of the molecule is CCCC(C)NC(=O)COc1ccc(S(=O)(=O)NC2CCCCC2)cc1C. The van der Waals surface area contributed by atoms with Crippen LogP contribution < -0.4 is 14.8 Å². The van der Waals surface area contributed by atoms with Crippen LogP contribution in [0.2, 0.25) is 0 Å². The number of carbonyl (C=O) groups excluding carboxylic acids is 1. The summed E-state index contributed by atoms with van der Waals surface area (Å²) in [5.74, 6) is 0.343. The van der Waals surface area contributed by atoms with Gasteiger partial charge in [-0.1, -0.05) is 32.6 Å². The van der Waals surface area contributed by atoms with Gasteiger partial charge in [0.2, 0.25) is 10.0 Å². The quantitative estimate of drug-likeness (QED) is 0.671. The van der Waals surface area contributed by atoms with Gasteiger partial charge in [-0.2, -0.15) is 0 Å². The highest BCUT2D eigenvalue weighted by Gasteiger charge is 2.22. The van der Waals surface area contributed by atoms with Crippen molar-refractivity contribution in [3.8, 4) is 5.75 Å². The van der Waals surface area contributed by atoms with Gasteiger partial charge in [-0.25, -0.2) is 13.1 Å². The summed E-state index contributed by atoms with van der Waals surface area (Å²) < 4.78 is 33.6. The Labute approximate surface area is 163 Å². The number of amides is 1. The average Bonchev–Trinajstić information content (AvgIpc) is 2.61. The van der Waals surface area contributed by atoms with Gasteiger partial charge in [-0.3, -0.25) is 4.79 Å². The van der Waals surface area contributed by atoms with E-state index in [1.807, 2.05) is 6.92 Å². The highest BCUT2D eigenvalue weighted by Crippen LogP contribution is 2.24. The molecule has 0 aliphatic heterocycles. The number of nitrogens with one attached hydrogen (secondary N) is 2. The fraction of sp³-hybridized carbons (Fsp3) is 0.650. The van der Waals surface area contributed by atoms with Crippen LogP contribution in [-0.2, 0) is 14.8 Å². The molecule has 7 heteroatoms. The first-order chi connectivity index (χ1) is 12.8. The molecular weight excluding hydrogens is 364 g/mol. The van der Waals surface area contributed by atoms with Crippen LogP contribution in [0.1, 0.15) is 64.4 Å². The first-order valence-corrected chi connectivity index (χ1v) is 11.3. The number of hydrogen-bond acceptors (Lipinski definition) is 4. The predicted octanol–water partition coefficient (Wildman–Crippen LogP) is 3.29. The predicted molar refractivity (Wildman–Crippen MR) is 106 cm³/mol. The Morgan fingerprint density at radius 2 is 1.96 bits per heavy atom. The summed E-state index contributed by atoms with van der Waals surface area (Å²) in [7, 11) is -3.54. The van der Waals surface area contributed by atoms with Crippen molar-refractivity contribution in [2.45, 2.75) is 82.7 Å². The first-order valence-electron chi connectivity index (χ1n) is 9.87. The zero-order valence-corrected chi connectivity index (χ0v) is 17.4. The summed E-state index contributed by atoms with van der Waals surface area (Å²) >= 11 is 0. The number of carbonyl (C=O) groups is 1. The number of sulfonamides is 1. The fourth-order valence-corrected chi connectivity index (χ4v) is 4.81. The zero-order chi connectivity index (χ0) is 19.9. The Balaban J connectivity index is 1.95. The zero-order valence-electron chi connectivity index (χ0n) is 16.6. The lowest BCUT2D eigenvalue weighted by Crippen LogP contribution is -2.36. The van der Waals surface area contributed by atoms with Crippen molar-refractivity contribution < 1.29 is 17.9 Å². The standard InChI is InChI=1S/C20H32N2O4S/c1-4-8-16(3)21-20(23)14-26-19-12-11-18(13-15(19)2)27(24,25)22-17-9-6-5-7-10-17/h11-13,16-17,22H,4-10,14H2,1-3H3,(H,21,23). The second kappa shape index (κ2) is 10.1. The van der Waals surface area contributed by atoms with E-state index in [0.717, 1.165) is 38.5 Å². The molecule has 2 rings (SSSR count). The van der Waals surface area contributed by atoms with E-state index in [1.54, 1.807) is 19.1 Å². The normalized spacial score (nSPS) is 16.7. The molecule has 0 aromatic heterocycles. The number of ether oxygens (including phenoxy) is 1. The highest BCUT2D eigenvalue weighted by molar-refractivity contribution is 7.89. The molecule has 1 unspecified atom stereocenters. The van der Waals surface area contributed by atoms with Gasteiger partial charge in [0, 0.05) is 12.1 Å². The van der Waals surface area contributed by atoms with E-state index in [-0.39, 0.29) is 29.5 Å². The number of aryl methyl sites for hydroxylation is 1. The lowest BCUT2D eigenvalue weighted by Gasteiger charge is -2.22. The van der Waals surface area contributed by atoms with Crippen LogP contribution in [0.5, 0.6) is 5.75 Å². The van der Waals surface area contributed by atoms with Crippen LogP contribution in [0.15, 0.2) is 23.1 Å². The molecule has 2 N–H and O–H groups in total. The van der Waals surface area contributed by atoms with Crippen molar-refractivity contribution in [1.29, 1.82) is 0 Å². The van der Waals surface area contributed by atoms with Gasteiger partial charge in [0.25, 0.3) is 5.91 Å². The molecule has 0 spiro atoms. The van der Waals surface area contributed by atoms with Crippen LogP contribution in [0.3, 0.4) is 0 Å². The Kier molecular flexibility index (Phi) is 8.10. The molecule has 0 saturated heterocycles. The summed E-state index contributed by atoms with van der Waals surface area (Å²) in [6.45, 7) is 5.74. The van der Waals surface area contributed by atoms with Crippen LogP contribution in [0.25, 0.3) is 0 Å². The molecular formula is C20H32N2O4S. The Hall–Kier alpha value is -1.60. The molecule has 1 aliphatic rings. The van der Waals surface area contributed by atoms with E-state index in [2.05, 4.69) is 17.0 Å². The third kappa shape index (κ3) is 6.81. The molecule has 6 nitrogen and oxygen atoms in total. The second-order valence-electron chi connectivity index (χ2n) is 7.43. The van der Waals surface area contributed by atoms with Crippen LogP contribution in [0.4, 0.5) is 0 Å². The van der Waals surface area contributed by atoms with Crippen molar-refractivity contribution in [2.75, 3.05) is 6.61 Å². The van der Waals surface area contributed by atoms with Crippen molar-refractivity contribution in [3.05, 3.63) is 23.8 Å². The summed E-state index contributed by atoms with van der Waals surface area (Å²) in [4.78, 5) is 12.2. The van der Waals surface area contributed by atoms with Crippen molar-refractivity contribution in [1.82, 2.24) is 10.0 Å². The van der Waals surface area contributed by atoms with E-state index in [1.165, 1.54) is 12.5 Å². The maximum Gasteiger partial charge on any atom is 0.258 e. The van der Waals surface area contributed by atoms with Gasteiger partial charge in [-0.15, -0.1) is 0 Å². The van der Waals surface area contributed by atoms with Crippen molar-refractivity contribution in [3.63, 3.8) is 0 Å². The second-order valence-corrected chi connectivity index (χ2v) is 9.14. The van der Waals surface area contributed by atoms with Gasteiger partial charge in [-0.05, 0) is 56.9 Å². The molecule has 152 valence electrons. The van der Waals surface area contributed by atoms with Crippen LogP contribution >= 0.6 is 0 Å². The fourth-order valence-electron chi connectivity index (χ4n) is 3.42. The van der Waals surface area contributed by atoms with Gasteiger partial charge in [0.1, 0.15) is 5.75 Å². The van der Waals surface area contributed by atoms with Gasteiger partial charge in [0.05, 0.1) is 4.90 Å². The lowest BCUT2D eigenvalue weighted by molar-refractivity contribution is -0.123. The Morgan fingerprint density at radius 1 is 1.26 bits per heavy atom. The Bertz CT molecular complexity index is 727. The van der Waals surface area contributed by atoms with Gasteiger partial charge in [0.15, 0.2) is 6.61 Å². The molecule has 1 atom stereocenters. The lowest BCUT2D eigenvalue weighted by atomic mass is 9.96. The molecule has 0 radical (unpaired) electrons.